The lowest BCUT2D eigenvalue weighted by Gasteiger charge is -2.10. The Morgan fingerprint density at radius 1 is 0.929 bits per heavy atom. The fraction of sp³-hybridized carbons (Fsp3) is 0.130. The largest absolute Gasteiger partial charge is 0.496 e. The van der Waals surface area contributed by atoms with Crippen molar-refractivity contribution in [2.75, 3.05) is 7.11 Å². The van der Waals surface area contributed by atoms with Crippen LogP contribution < -0.4 is 14.9 Å². The van der Waals surface area contributed by atoms with Crippen molar-refractivity contribution in [3.63, 3.8) is 0 Å². The van der Waals surface area contributed by atoms with Crippen LogP contribution in [0.3, 0.4) is 0 Å². The second-order valence-electron chi connectivity index (χ2n) is 6.00. The number of rotatable bonds is 8. The molecule has 5 heteroatoms. The average molecular weight is 371 g/mol. The van der Waals surface area contributed by atoms with E-state index in [1.54, 1.807) is 19.4 Å². The molecule has 5 nitrogen and oxygen atoms in total. The fourth-order valence-electron chi connectivity index (χ4n) is 2.72. The van der Waals surface area contributed by atoms with Gasteiger partial charge in [-0.2, -0.15) is 10.4 Å². The minimum Gasteiger partial charge on any atom is -0.496 e. The van der Waals surface area contributed by atoms with E-state index < -0.39 is 0 Å². The van der Waals surface area contributed by atoms with Gasteiger partial charge in [0.05, 0.1) is 31.5 Å². The minimum atomic E-state index is 0.323. The molecule has 3 rings (SSSR count). The molecule has 0 aliphatic carbocycles. The molecule has 0 aliphatic rings. The second-order valence-corrected chi connectivity index (χ2v) is 6.00. The number of ether oxygens (including phenoxy) is 2. The highest BCUT2D eigenvalue weighted by Gasteiger charge is 2.05. The molecule has 0 saturated heterocycles. The molecular weight excluding hydrogens is 350 g/mol. The molecule has 0 heterocycles. The molecule has 0 spiro atoms. The summed E-state index contributed by atoms with van der Waals surface area (Å²) >= 11 is 0. The van der Waals surface area contributed by atoms with E-state index in [1.165, 1.54) is 0 Å². The third kappa shape index (κ3) is 4.89. The average Bonchev–Trinajstić information content (AvgIpc) is 2.76. The van der Waals surface area contributed by atoms with Gasteiger partial charge in [-0.05, 0) is 24.3 Å². The Hall–Kier alpha value is -3.78. The molecule has 0 fully saturated rings. The van der Waals surface area contributed by atoms with Crippen molar-refractivity contribution in [3.05, 3.63) is 95.1 Å². The monoisotopic (exact) mass is 371 g/mol. The topological polar surface area (TPSA) is 66.6 Å². The van der Waals surface area contributed by atoms with Gasteiger partial charge in [0, 0.05) is 16.7 Å². The number of hydrogen-bond acceptors (Lipinski definition) is 5. The van der Waals surface area contributed by atoms with Gasteiger partial charge in [-0.15, -0.1) is 0 Å². The molecule has 0 bridgehead atoms. The van der Waals surface area contributed by atoms with E-state index in [0.717, 1.165) is 22.4 Å². The molecular formula is C23H21N3O2. The Kier molecular flexibility index (Phi) is 6.64. The predicted molar refractivity (Wildman–Crippen MR) is 109 cm³/mol. The van der Waals surface area contributed by atoms with Gasteiger partial charge >= 0.3 is 0 Å². The Labute approximate surface area is 164 Å². The van der Waals surface area contributed by atoms with Gasteiger partial charge in [-0.3, -0.25) is 0 Å². The van der Waals surface area contributed by atoms with E-state index >= 15 is 0 Å². The molecule has 0 amide bonds. The number of nitrogens with one attached hydrogen (secondary N) is 1. The van der Waals surface area contributed by atoms with Crippen LogP contribution in [0, 0.1) is 11.3 Å². The first kappa shape index (κ1) is 19.0. The van der Waals surface area contributed by atoms with Crippen LogP contribution in [0.2, 0.25) is 0 Å². The zero-order valence-electron chi connectivity index (χ0n) is 15.6. The van der Waals surface area contributed by atoms with E-state index in [9.17, 15) is 5.26 Å². The van der Waals surface area contributed by atoms with E-state index in [4.69, 9.17) is 9.47 Å². The zero-order chi connectivity index (χ0) is 19.6. The minimum absolute atomic E-state index is 0.323. The van der Waals surface area contributed by atoms with Gasteiger partial charge in [0.2, 0.25) is 0 Å². The summed E-state index contributed by atoms with van der Waals surface area (Å²) in [6.07, 6.45) is 1.72. The molecule has 3 aromatic carbocycles. The predicted octanol–water partition coefficient (Wildman–Crippen LogP) is 4.27. The van der Waals surface area contributed by atoms with Crippen LogP contribution >= 0.6 is 0 Å². The molecule has 1 N–H and O–H groups in total. The van der Waals surface area contributed by atoms with Crippen LogP contribution in [0.1, 0.15) is 22.3 Å². The standard InChI is InChI=1S/C23H21N3O2/c1-27-22-12-6-4-9-19(22)15-25-26-16-20-10-5-7-13-23(20)28-17-21-11-3-2-8-18(21)14-24/h2-13,16,25H,15,17H2,1H3/b26-16-. The van der Waals surface area contributed by atoms with Crippen molar-refractivity contribution in [2.24, 2.45) is 5.10 Å². The summed E-state index contributed by atoms with van der Waals surface area (Å²) in [4.78, 5) is 0. The molecule has 28 heavy (non-hydrogen) atoms. The number of para-hydroxylation sites is 2. The lowest BCUT2D eigenvalue weighted by atomic mass is 10.1. The van der Waals surface area contributed by atoms with Crippen LogP contribution in [0.25, 0.3) is 0 Å². The number of nitrogens with zero attached hydrogens (tertiary/aromatic N) is 2. The number of benzene rings is 3. The highest BCUT2D eigenvalue weighted by Crippen LogP contribution is 2.19. The SMILES string of the molecule is COc1ccccc1CN/N=C\c1ccccc1OCc1ccccc1C#N. The van der Waals surface area contributed by atoms with Gasteiger partial charge in [-0.25, -0.2) is 0 Å². The van der Waals surface area contributed by atoms with Gasteiger partial charge in [0.15, 0.2) is 0 Å². The molecule has 0 radical (unpaired) electrons. The summed E-state index contributed by atoms with van der Waals surface area (Å²) in [6.45, 7) is 0.877. The third-order valence-electron chi connectivity index (χ3n) is 4.20. The van der Waals surface area contributed by atoms with Crippen molar-refractivity contribution in [1.82, 2.24) is 5.43 Å². The van der Waals surface area contributed by atoms with Gasteiger partial charge in [-0.1, -0.05) is 48.5 Å². The maximum atomic E-state index is 9.20. The second kappa shape index (κ2) is 9.79. The summed E-state index contributed by atoms with van der Waals surface area (Å²) in [6, 6.07) is 25.1. The summed E-state index contributed by atoms with van der Waals surface area (Å²) in [5, 5.41) is 13.5. The number of hydrogen-bond donors (Lipinski definition) is 1. The molecule has 0 aliphatic heterocycles. The normalized spacial score (nSPS) is 10.4. The van der Waals surface area contributed by atoms with Crippen molar-refractivity contribution in [3.8, 4) is 17.6 Å². The molecule has 0 aromatic heterocycles. The van der Waals surface area contributed by atoms with Crippen LogP contribution in [0.15, 0.2) is 77.9 Å². The first-order chi connectivity index (χ1) is 13.8. The molecule has 140 valence electrons. The smallest absolute Gasteiger partial charge is 0.128 e. The van der Waals surface area contributed by atoms with Gasteiger partial charge < -0.3 is 14.9 Å². The van der Waals surface area contributed by atoms with Crippen LogP contribution in [-0.4, -0.2) is 13.3 Å². The lowest BCUT2D eigenvalue weighted by Crippen LogP contribution is -2.07. The fourth-order valence-corrected chi connectivity index (χ4v) is 2.72. The van der Waals surface area contributed by atoms with E-state index in [2.05, 4.69) is 16.6 Å². The van der Waals surface area contributed by atoms with Crippen LogP contribution in [-0.2, 0) is 13.2 Å². The number of nitriles is 1. The maximum absolute atomic E-state index is 9.20. The lowest BCUT2D eigenvalue weighted by molar-refractivity contribution is 0.305. The Morgan fingerprint density at radius 3 is 2.39 bits per heavy atom. The van der Waals surface area contributed by atoms with E-state index in [0.29, 0.717) is 24.5 Å². The van der Waals surface area contributed by atoms with Crippen LogP contribution in [0.5, 0.6) is 11.5 Å². The molecule has 3 aromatic rings. The third-order valence-corrected chi connectivity index (χ3v) is 4.20. The highest BCUT2D eigenvalue weighted by molar-refractivity contribution is 5.83. The van der Waals surface area contributed by atoms with Crippen LogP contribution in [0.4, 0.5) is 0 Å². The Bertz CT molecular complexity index is 993. The summed E-state index contributed by atoms with van der Waals surface area (Å²) < 4.78 is 11.3. The van der Waals surface area contributed by atoms with E-state index in [1.807, 2.05) is 66.7 Å². The van der Waals surface area contributed by atoms with Gasteiger partial charge in [0.25, 0.3) is 0 Å². The first-order valence-corrected chi connectivity index (χ1v) is 8.89. The first-order valence-electron chi connectivity index (χ1n) is 8.89. The summed E-state index contributed by atoms with van der Waals surface area (Å²) in [7, 11) is 1.65. The van der Waals surface area contributed by atoms with E-state index in [-0.39, 0.29) is 0 Å². The Morgan fingerprint density at radius 2 is 1.61 bits per heavy atom. The van der Waals surface area contributed by atoms with Gasteiger partial charge in [0.1, 0.15) is 18.1 Å². The van der Waals surface area contributed by atoms with Crippen molar-refractivity contribution in [2.45, 2.75) is 13.2 Å². The van der Waals surface area contributed by atoms with Crippen molar-refractivity contribution >= 4 is 6.21 Å². The summed E-state index contributed by atoms with van der Waals surface area (Å²) in [5.41, 5.74) is 6.38. The highest BCUT2D eigenvalue weighted by atomic mass is 16.5. The van der Waals surface area contributed by atoms with Crippen molar-refractivity contribution in [1.29, 1.82) is 5.26 Å². The maximum Gasteiger partial charge on any atom is 0.128 e. The van der Waals surface area contributed by atoms with Crippen molar-refractivity contribution < 1.29 is 9.47 Å². The summed E-state index contributed by atoms with van der Waals surface area (Å²) in [5.74, 6) is 1.53. The number of methoxy groups -OCH3 is 1. The Balaban J connectivity index is 1.63. The molecule has 0 unspecified atom stereocenters. The molecule has 0 atom stereocenters. The molecule has 0 saturated carbocycles. The quantitative estimate of drug-likeness (QED) is 0.474. The zero-order valence-corrected chi connectivity index (χ0v) is 15.6. The number of hydrazone groups is 1.